The minimum atomic E-state index is -0.538. The van der Waals surface area contributed by atoms with Crippen LogP contribution in [-0.2, 0) is 14.3 Å². The van der Waals surface area contributed by atoms with Crippen molar-refractivity contribution in [1.82, 2.24) is 0 Å². The Bertz CT molecular complexity index is 2020. The summed E-state index contributed by atoms with van der Waals surface area (Å²) < 4.78 is 5.49. The molecule has 0 aromatic carbocycles. The van der Waals surface area contributed by atoms with Crippen molar-refractivity contribution in [2.24, 2.45) is 113 Å². The Morgan fingerprint density at radius 3 is 1.24 bits per heavy atom. The van der Waals surface area contributed by atoms with E-state index in [1.807, 2.05) is 0 Å². The molecule has 0 aromatic rings. The van der Waals surface area contributed by atoms with Crippen molar-refractivity contribution < 1.29 is 29.6 Å². The fourth-order valence-corrected chi connectivity index (χ4v) is 23.2. The Hall–Kier alpha value is -1.66. The highest BCUT2D eigenvalue weighted by molar-refractivity contribution is 5.78. The van der Waals surface area contributed by atoms with Crippen LogP contribution in [0.3, 0.4) is 0 Å². The van der Waals surface area contributed by atoms with Crippen LogP contribution in [0.5, 0.6) is 0 Å². The van der Waals surface area contributed by atoms with Crippen LogP contribution in [0, 0.1) is 113 Å². The molecule has 10 aliphatic rings. The van der Waals surface area contributed by atoms with Gasteiger partial charge < -0.3 is 20.1 Å². The van der Waals surface area contributed by atoms with Crippen LogP contribution >= 0.6 is 0 Å². The lowest BCUT2D eigenvalue weighted by Gasteiger charge is -2.72. The quantitative estimate of drug-likeness (QED) is 0.192. The van der Waals surface area contributed by atoms with Gasteiger partial charge in [-0.3, -0.25) is 9.59 Å². The molecule has 0 heterocycles. The number of allylic oxidation sites excluding steroid dienone is 2. The third-order valence-corrected chi connectivity index (χ3v) is 27.1. The summed E-state index contributed by atoms with van der Waals surface area (Å²) in [6.07, 6.45) is 21.6. The van der Waals surface area contributed by atoms with Crippen LogP contribution in [0.1, 0.15) is 212 Å². The highest BCUT2D eigenvalue weighted by atomic mass is 16.5. The fourth-order valence-electron chi connectivity index (χ4n) is 23.2. The zero-order valence-corrected chi connectivity index (χ0v) is 45.1. The maximum Gasteiger partial charge on any atom is 0.312 e. The Labute approximate surface area is 408 Å². The lowest BCUT2D eigenvalue weighted by atomic mass is 9.32. The lowest BCUT2D eigenvalue weighted by Crippen LogP contribution is -2.67. The number of aliphatic hydroxyl groups is 2. The number of fused-ring (bicyclic) bond motifs is 14. The zero-order valence-electron chi connectivity index (χ0n) is 45.1. The molecule has 0 aliphatic heterocycles. The first-order valence-electron chi connectivity index (χ1n) is 28.0. The molecule has 0 bridgehead atoms. The highest BCUT2D eigenvalue weighted by Gasteiger charge is 2.74. The second kappa shape index (κ2) is 15.9. The average molecular weight is 927 g/mol. The van der Waals surface area contributed by atoms with Crippen LogP contribution in [0.2, 0.25) is 0 Å². The van der Waals surface area contributed by atoms with Crippen molar-refractivity contribution in [1.29, 1.82) is 0 Å². The number of carboxylic acids is 1. The zero-order chi connectivity index (χ0) is 49.1. The molecule has 67 heavy (non-hydrogen) atoms. The van der Waals surface area contributed by atoms with Gasteiger partial charge in [0.25, 0.3) is 0 Å². The standard InChI is InChI=1S/C31H50O3.C30H48O3/c1-19(2)20-11-16-31(26(33)34-8)18-17-29(6)21(25(20)31)9-10-23-28(5)14-13-24(32)27(3,4)22(28)12-15-30(23,29)7;1-18(2)19-10-15-30(25(32)33)17-16-28(6)20(24(19)30)8-9-22-27(5)13-12-23(31)26(3,4)21(27)11-14-29(22,28)7/h20-25,32H,1,9-18H2,2-8H3;19-24,31H,1,8-17H2,2-7H3,(H,32,33)/t20-,21?,22?,23?,24-,25?,28-,29+,30+,31-;19-,20?,21?,22?,23-,24?,27-,28+,29+,30-/m00/s1. The Morgan fingerprint density at radius 1 is 0.463 bits per heavy atom. The molecule has 10 rings (SSSR count). The predicted molar refractivity (Wildman–Crippen MR) is 270 cm³/mol. The van der Waals surface area contributed by atoms with Gasteiger partial charge in [-0.25, -0.2) is 0 Å². The largest absolute Gasteiger partial charge is 0.481 e. The van der Waals surface area contributed by atoms with Crippen molar-refractivity contribution in [3.8, 4) is 0 Å². The van der Waals surface area contributed by atoms with Crippen molar-refractivity contribution in [2.75, 3.05) is 7.11 Å². The molecule has 0 spiro atoms. The number of methoxy groups -OCH3 is 1. The number of aliphatic carboxylic acids is 1. The van der Waals surface area contributed by atoms with Gasteiger partial charge in [0.15, 0.2) is 0 Å². The maximum absolute atomic E-state index is 13.3. The Balaban J connectivity index is 0.000000168. The van der Waals surface area contributed by atoms with E-state index in [1.54, 1.807) is 7.11 Å². The summed E-state index contributed by atoms with van der Waals surface area (Å²) in [6, 6.07) is 0. The Kier molecular flexibility index (Phi) is 11.9. The van der Waals surface area contributed by atoms with Crippen LogP contribution in [0.4, 0.5) is 0 Å². The van der Waals surface area contributed by atoms with E-state index in [-0.39, 0.29) is 67.4 Å². The first kappa shape index (κ1) is 50.3. The van der Waals surface area contributed by atoms with E-state index in [0.717, 1.165) is 77.0 Å². The van der Waals surface area contributed by atoms with E-state index in [2.05, 4.69) is 96.2 Å². The predicted octanol–water partition coefficient (Wildman–Crippen LogP) is 14.3. The van der Waals surface area contributed by atoms with Crippen molar-refractivity contribution in [2.45, 2.75) is 224 Å². The summed E-state index contributed by atoms with van der Waals surface area (Å²) in [4.78, 5) is 26.1. The van der Waals surface area contributed by atoms with Gasteiger partial charge in [-0.15, -0.1) is 0 Å². The Morgan fingerprint density at radius 2 is 0.851 bits per heavy atom. The number of carbonyl (C=O) groups excluding carboxylic acids is 1. The molecule has 0 radical (unpaired) electrons. The third-order valence-electron chi connectivity index (χ3n) is 27.1. The number of aliphatic hydroxyl groups excluding tert-OH is 2. The molecular formula is C61H98O6. The van der Waals surface area contributed by atoms with Crippen molar-refractivity contribution in [3.63, 3.8) is 0 Å². The molecule has 6 nitrogen and oxygen atoms in total. The van der Waals surface area contributed by atoms with Gasteiger partial charge in [0.2, 0.25) is 0 Å². The fraction of sp³-hybridized carbons (Fsp3) is 0.902. The first-order chi connectivity index (χ1) is 31.0. The molecule has 10 aliphatic carbocycles. The van der Waals surface area contributed by atoms with Crippen LogP contribution < -0.4 is 0 Å². The SMILES string of the molecule is C=C(C)[C@@H]1CC[C@]2(C(=O)O)CC[C@]3(C)C(CCC4[C@@]5(C)CC[C@H](O)C(C)(C)C5CC[C@]43C)C12.C=C(C)[C@@H]1CC[C@]2(C(=O)OC)CC[C@]3(C)C(CCC4[C@@]5(C)CC[C@H](O)C(C)(C)C5CC[C@]43C)C12. The number of hydrogen-bond donors (Lipinski definition) is 3. The molecular weight excluding hydrogens is 829 g/mol. The smallest absolute Gasteiger partial charge is 0.312 e. The van der Waals surface area contributed by atoms with Gasteiger partial charge >= 0.3 is 11.9 Å². The molecule has 0 saturated heterocycles. The van der Waals surface area contributed by atoms with Gasteiger partial charge in [-0.05, 0) is 245 Å². The molecule has 10 saturated carbocycles. The second-order valence-electron chi connectivity index (χ2n) is 29.2. The molecule has 3 N–H and O–H groups in total. The van der Waals surface area contributed by atoms with Gasteiger partial charge in [0.05, 0.1) is 30.1 Å². The van der Waals surface area contributed by atoms with E-state index in [4.69, 9.17) is 4.74 Å². The van der Waals surface area contributed by atoms with E-state index in [1.165, 1.54) is 62.5 Å². The minimum Gasteiger partial charge on any atom is -0.481 e. The molecule has 0 aromatic heterocycles. The summed E-state index contributed by atoms with van der Waals surface area (Å²) in [5, 5.41) is 32.3. The minimum absolute atomic E-state index is 0.00478. The number of rotatable bonds is 4. The van der Waals surface area contributed by atoms with Crippen molar-refractivity contribution in [3.05, 3.63) is 24.3 Å². The normalized spacial score (nSPS) is 54.3. The number of carboxylic acid groups (broad SMARTS) is 1. The second-order valence-corrected chi connectivity index (χ2v) is 29.2. The van der Waals surface area contributed by atoms with Gasteiger partial charge in [-0.2, -0.15) is 0 Å². The van der Waals surface area contributed by atoms with Gasteiger partial charge in [-0.1, -0.05) is 93.5 Å². The van der Waals surface area contributed by atoms with E-state index in [0.29, 0.717) is 58.7 Å². The van der Waals surface area contributed by atoms with E-state index < -0.39 is 11.4 Å². The maximum atomic E-state index is 13.3. The van der Waals surface area contributed by atoms with Crippen molar-refractivity contribution >= 4 is 11.9 Å². The summed E-state index contributed by atoms with van der Waals surface area (Å²) in [5.41, 5.74) is 3.14. The summed E-state index contributed by atoms with van der Waals surface area (Å²) in [6.45, 7) is 38.0. The number of esters is 1. The number of hydrogen-bond acceptors (Lipinski definition) is 5. The summed E-state index contributed by atoms with van der Waals surface area (Å²) in [5.74, 6) is 4.52. The first-order valence-corrected chi connectivity index (χ1v) is 28.0. The number of ether oxygens (including phenoxy) is 1. The third kappa shape index (κ3) is 6.36. The average Bonchev–Trinajstić information content (AvgIpc) is 3.86. The molecule has 10 fully saturated rings. The van der Waals surface area contributed by atoms with Crippen LogP contribution in [0.25, 0.3) is 0 Å². The molecule has 378 valence electrons. The van der Waals surface area contributed by atoms with E-state index in [9.17, 15) is 24.9 Å². The van der Waals surface area contributed by atoms with Gasteiger partial charge in [0.1, 0.15) is 0 Å². The molecule has 0 amide bonds. The molecule has 6 heteroatoms. The molecule has 8 unspecified atom stereocenters. The summed E-state index contributed by atoms with van der Waals surface area (Å²) >= 11 is 0. The summed E-state index contributed by atoms with van der Waals surface area (Å²) in [7, 11) is 1.59. The molecule has 20 atom stereocenters. The number of carbonyl (C=O) groups is 2. The van der Waals surface area contributed by atoms with E-state index >= 15 is 0 Å². The van der Waals surface area contributed by atoms with Crippen LogP contribution in [0.15, 0.2) is 24.3 Å². The lowest BCUT2D eigenvalue weighted by molar-refractivity contribution is -0.248. The highest BCUT2D eigenvalue weighted by Crippen LogP contribution is 2.80. The van der Waals surface area contributed by atoms with Gasteiger partial charge in [0, 0.05) is 0 Å². The van der Waals surface area contributed by atoms with Crippen LogP contribution in [-0.4, -0.2) is 46.6 Å². The monoisotopic (exact) mass is 927 g/mol. The topological polar surface area (TPSA) is 104 Å².